The van der Waals surface area contributed by atoms with Crippen LogP contribution in [-0.2, 0) is 11.3 Å². The van der Waals surface area contributed by atoms with E-state index < -0.39 is 0 Å². The van der Waals surface area contributed by atoms with Crippen LogP contribution in [-0.4, -0.2) is 37.1 Å². The number of ether oxygens (including phenoxy) is 2. The molecule has 4 rings (SSSR count). The second kappa shape index (κ2) is 8.19. The molecule has 148 valence electrons. The van der Waals surface area contributed by atoms with Gasteiger partial charge < -0.3 is 14.8 Å². The number of nitrogens with zero attached hydrogens (tertiary/aromatic N) is 1. The van der Waals surface area contributed by atoms with Gasteiger partial charge in [0.05, 0.1) is 6.54 Å². The van der Waals surface area contributed by atoms with E-state index in [9.17, 15) is 9.18 Å². The zero-order chi connectivity index (χ0) is 19.5. The van der Waals surface area contributed by atoms with Crippen LogP contribution < -0.4 is 14.8 Å². The van der Waals surface area contributed by atoms with Crippen LogP contribution in [0.3, 0.4) is 0 Å². The molecule has 6 heteroatoms. The predicted octanol–water partition coefficient (Wildman–Crippen LogP) is 3.36. The lowest BCUT2D eigenvalue weighted by Crippen LogP contribution is -2.36. The summed E-state index contributed by atoms with van der Waals surface area (Å²) >= 11 is 0. The molecule has 2 aliphatic rings. The third kappa shape index (κ3) is 4.12. The molecular weight excluding hydrogens is 359 g/mol. The van der Waals surface area contributed by atoms with E-state index in [1.165, 1.54) is 6.07 Å². The topological polar surface area (TPSA) is 50.8 Å². The third-order valence-electron chi connectivity index (χ3n) is 5.39. The molecule has 1 N–H and O–H groups in total. The van der Waals surface area contributed by atoms with Crippen molar-refractivity contribution in [1.82, 2.24) is 10.2 Å². The summed E-state index contributed by atoms with van der Waals surface area (Å²) in [5.41, 5.74) is 2.52. The van der Waals surface area contributed by atoms with E-state index in [4.69, 9.17) is 9.47 Å². The Bertz CT molecular complexity index is 871. The fourth-order valence-electron chi connectivity index (χ4n) is 3.85. The molecule has 0 bridgehead atoms. The van der Waals surface area contributed by atoms with Crippen molar-refractivity contribution in [3.8, 4) is 11.5 Å². The van der Waals surface area contributed by atoms with Gasteiger partial charge in [0.25, 0.3) is 0 Å². The number of rotatable bonds is 5. The fraction of sp³-hybridized carbons (Fsp3) is 0.409. The lowest BCUT2D eigenvalue weighted by Gasteiger charge is -2.26. The van der Waals surface area contributed by atoms with E-state index in [0.29, 0.717) is 31.9 Å². The molecule has 0 unspecified atom stereocenters. The van der Waals surface area contributed by atoms with Gasteiger partial charge in [-0.3, -0.25) is 9.69 Å². The average molecular weight is 384 g/mol. The molecule has 0 spiro atoms. The first-order chi connectivity index (χ1) is 13.6. The summed E-state index contributed by atoms with van der Waals surface area (Å²) in [5.74, 6) is 1.26. The van der Waals surface area contributed by atoms with E-state index in [1.807, 2.05) is 18.2 Å². The van der Waals surface area contributed by atoms with Crippen molar-refractivity contribution < 1.29 is 18.7 Å². The number of carbonyl (C=O) groups excluding carboxylic acids is 1. The van der Waals surface area contributed by atoms with Gasteiger partial charge in [-0.05, 0) is 61.2 Å². The summed E-state index contributed by atoms with van der Waals surface area (Å²) in [6.07, 6.45) is 2.06. The van der Waals surface area contributed by atoms with Crippen molar-refractivity contribution in [3.63, 3.8) is 0 Å². The summed E-state index contributed by atoms with van der Waals surface area (Å²) in [6, 6.07) is 11.3. The highest BCUT2D eigenvalue weighted by molar-refractivity contribution is 5.78. The van der Waals surface area contributed by atoms with Crippen LogP contribution in [0.4, 0.5) is 4.39 Å². The maximum absolute atomic E-state index is 13.7. The highest BCUT2D eigenvalue weighted by Gasteiger charge is 2.28. The molecular formula is C22H25FN2O3. The van der Waals surface area contributed by atoms with Gasteiger partial charge in [0.1, 0.15) is 19.0 Å². The molecule has 2 aromatic rings. The number of likely N-dealkylation sites (tertiary alicyclic amines) is 1. The first-order valence-corrected chi connectivity index (χ1v) is 9.75. The molecule has 0 saturated carbocycles. The Hall–Kier alpha value is -2.60. The summed E-state index contributed by atoms with van der Waals surface area (Å²) in [5, 5.41) is 2.90. The lowest BCUT2D eigenvalue weighted by atomic mass is 10.0. The largest absolute Gasteiger partial charge is 0.486 e. The minimum Gasteiger partial charge on any atom is -0.486 e. The molecule has 1 fully saturated rings. The van der Waals surface area contributed by atoms with E-state index in [0.717, 1.165) is 42.0 Å². The Morgan fingerprint density at radius 1 is 1.18 bits per heavy atom. The van der Waals surface area contributed by atoms with Crippen molar-refractivity contribution in [2.24, 2.45) is 0 Å². The van der Waals surface area contributed by atoms with Crippen LogP contribution in [0.2, 0.25) is 0 Å². The first-order valence-electron chi connectivity index (χ1n) is 9.75. The van der Waals surface area contributed by atoms with Crippen LogP contribution >= 0.6 is 0 Å². The van der Waals surface area contributed by atoms with E-state index in [1.54, 1.807) is 13.0 Å². The number of fused-ring (bicyclic) bond motifs is 1. The number of halogens is 1. The van der Waals surface area contributed by atoms with Gasteiger partial charge in [-0.1, -0.05) is 18.2 Å². The molecule has 1 amide bonds. The number of hydrogen-bond donors (Lipinski definition) is 1. The van der Waals surface area contributed by atoms with Crippen molar-refractivity contribution in [2.75, 3.05) is 26.3 Å². The minimum atomic E-state index is -0.245. The maximum atomic E-state index is 13.7. The standard InChI is InChI=1S/C22H25FN2O3/c1-15-4-5-16(11-18(15)23)13-24-22(26)14-25-8-2-3-19(25)17-6-7-20-21(12-17)28-10-9-27-20/h4-7,11-12,19H,2-3,8-10,13-14H2,1H3,(H,24,26)/t19-/m0/s1. The van der Waals surface area contributed by atoms with Crippen molar-refractivity contribution in [1.29, 1.82) is 0 Å². The predicted molar refractivity (Wildman–Crippen MR) is 104 cm³/mol. The summed E-state index contributed by atoms with van der Waals surface area (Å²) in [7, 11) is 0. The summed E-state index contributed by atoms with van der Waals surface area (Å²) in [4.78, 5) is 14.6. The Morgan fingerprint density at radius 2 is 2.00 bits per heavy atom. The summed E-state index contributed by atoms with van der Waals surface area (Å²) in [6.45, 7) is 4.40. The highest BCUT2D eigenvalue weighted by atomic mass is 19.1. The van der Waals surface area contributed by atoms with E-state index in [-0.39, 0.29) is 17.8 Å². The molecule has 0 radical (unpaired) electrons. The molecule has 5 nitrogen and oxygen atoms in total. The smallest absolute Gasteiger partial charge is 0.234 e. The minimum absolute atomic E-state index is 0.0505. The van der Waals surface area contributed by atoms with Gasteiger partial charge in [0.2, 0.25) is 5.91 Å². The SMILES string of the molecule is Cc1ccc(CNC(=O)CN2CCC[C@H]2c2ccc3c(c2)OCCO3)cc1F. The second-order valence-electron chi connectivity index (χ2n) is 7.39. The molecule has 28 heavy (non-hydrogen) atoms. The number of carbonyl (C=O) groups is 1. The Balaban J connectivity index is 1.37. The second-order valence-corrected chi connectivity index (χ2v) is 7.39. The van der Waals surface area contributed by atoms with Crippen molar-refractivity contribution in [2.45, 2.75) is 32.4 Å². The van der Waals surface area contributed by atoms with Crippen LogP contribution in [0.5, 0.6) is 11.5 Å². The van der Waals surface area contributed by atoms with Crippen LogP contribution in [0.15, 0.2) is 36.4 Å². The molecule has 2 aliphatic heterocycles. The molecule has 0 aliphatic carbocycles. The first kappa shape index (κ1) is 18.7. The van der Waals surface area contributed by atoms with Gasteiger partial charge in [-0.25, -0.2) is 4.39 Å². The number of hydrogen-bond acceptors (Lipinski definition) is 4. The van der Waals surface area contributed by atoms with Crippen LogP contribution in [0.25, 0.3) is 0 Å². The van der Waals surface area contributed by atoms with Gasteiger partial charge in [0, 0.05) is 12.6 Å². The van der Waals surface area contributed by atoms with Crippen LogP contribution in [0.1, 0.15) is 35.6 Å². The van der Waals surface area contributed by atoms with Gasteiger partial charge in [0.15, 0.2) is 11.5 Å². The number of amides is 1. The Morgan fingerprint density at radius 3 is 2.82 bits per heavy atom. The molecule has 2 aromatic carbocycles. The highest BCUT2D eigenvalue weighted by Crippen LogP contribution is 2.37. The zero-order valence-electron chi connectivity index (χ0n) is 16.0. The Kier molecular flexibility index (Phi) is 5.48. The van der Waals surface area contributed by atoms with Crippen molar-refractivity contribution >= 4 is 5.91 Å². The zero-order valence-corrected chi connectivity index (χ0v) is 16.0. The monoisotopic (exact) mass is 384 g/mol. The molecule has 1 atom stereocenters. The van der Waals surface area contributed by atoms with E-state index >= 15 is 0 Å². The van der Waals surface area contributed by atoms with Gasteiger partial charge in [-0.2, -0.15) is 0 Å². The van der Waals surface area contributed by atoms with Gasteiger partial charge >= 0.3 is 0 Å². The average Bonchev–Trinajstić information content (AvgIpc) is 3.16. The third-order valence-corrected chi connectivity index (χ3v) is 5.39. The molecule has 0 aromatic heterocycles. The normalized spacial score (nSPS) is 18.9. The summed E-state index contributed by atoms with van der Waals surface area (Å²) < 4.78 is 24.9. The quantitative estimate of drug-likeness (QED) is 0.859. The van der Waals surface area contributed by atoms with Crippen LogP contribution in [0, 0.1) is 12.7 Å². The Labute approximate surface area is 164 Å². The van der Waals surface area contributed by atoms with Crippen molar-refractivity contribution in [3.05, 3.63) is 58.9 Å². The maximum Gasteiger partial charge on any atom is 0.234 e. The van der Waals surface area contributed by atoms with E-state index in [2.05, 4.69) is 16.3 Å². The number of aryl methyl sites for hydroxylation is 1. The fourth-order valence-corrected chi connectivity index (χ4v) is 3.85. The molecule has 1 saturated heterocycles. The van der Waals surface area contributed by atoms with Gasteiger partial charge in [-0.15, -0.1) is 0 Å². The number of nitrogens with one attached hydrogen (secondary N) is 1. The number of benzene rings is 2. The molecule has 2 heterocycles. The lowest BCUT2D eigenvalue weighted by molar-refractivity contribution is -0.122.